The second-order valence-electron chi connectivity index (χ2n) is 21.7. The summed E-state index contributed by atoms with van der Waals surface area (Å²) < 4.78 is 35.0. The topological polar surface area (TPSA) is 346 Å². The number of unbranched alkanes of at least 4 members (excludes halogenated alkanes) is 1. The minimum absolute atomic E-state index is 0.0250. The fourth-order valence-corrected chi connectivity index (χ4v) is 10.6. The zero-order valence-electron chi connectivity index (χ0n) is 49.3. The number of alkyl carbamates (subject to hydrolysis) is 1. The highest BCUT2D eigenvalue weighted by Gasteiger charge is 2.64. The molecule has 10 atom stereocenters. The summed E-state index contributed by atoms with van der Waals surface area (Å²) >= 11 is 6.84. The number of allylic oxidation sites excluding steroid dienone is 4. The number of rotatable bonds is 22. The van der Waals surface area contributed by atoms with Crippen molar-refractivity contribution in [2.45, 2.75) is 159 Å². The van der Waals surface area contributed by atoms with E-state index < -0.39 is 120 Å². The highest BCUT2D eigenvalue weighted by Crippen LogP contribution is 2.49. The van der Waals surface area contributed by atoms with Gasteiger partial charge in [0.2, 0.25) is 17.7 Å². The lowest BCUT2D eigenvalue weighted by molar-refractivity contribution is -0.197. The number of primary amides is 1. The zero-order chi connectivity index (χ0) is 62.5. The number of nitrogens with one attached hydrogen (secondary N) is 6. The Morgan fingerprint density at radius 1 is 0.965 bits per heavy atom. The zero-order valence-corrected chi connectivity index (χ0v) is 50.0. The number of amides is 9. The molecule has 0 saturated carbocycles. The molecule has 9 N–H and O–H groups in total. The number of methoxy groups -OCH3 is 3. The molecule has 0 aliphatic carbocycles. The van der Waals surface area contributed by atoms with Crippen LogP contribution in [0.2, 0.25) is 5.02 Å². The first-order valence-corrected chi connectivity index (χ1v) is 28.2. The number of aryl methyl sites for hydroxylation is 1. The number of carbonyl (C=O) groups is 9. The van der Waals surface area contributed by atoms with Gasteiger partial charge in [-0.25, -0.2) is 19.2 Å². The van der Waals surface area contributed by atoms with Crippen LogP contribution in [0, 0.1) is 12.8 Å². The SMILES string of the molecule is C=C(CCCCC(=O)ON1C(=O)CCC1=O)N[C@H](C(=O)N[C@@H](CCCNC(N)=O)C(=O)Nc1ccc(NC(=O)O[C@H]2CC(=O)N(C)c3cc(cc(OC)c3Cl)C/C(C)=C/C=C/[C@@H](OC)[C@@]3(O)C[C@H](OC(=O)N3)[C@@H](C)[C@@H]3O[C@@]23C)c(C)c1)C(C)OC. The van der Waals surface area contributed by atoms with E-state index in [9.17, 15) is 48.3 Å². The largest absolute Gasteiger partial charge is 0.495 e. The van der Waals surface area contributed by atoms with Crippen LogP contribution in [-0.2, 0) is 63.7 Å². The molecule has 0 radical (unpaired) electrons. The Balaban J connectivity index is 1.16. The first-order chi connectivity index (χ1) is 40.2. The van der Waals surface area contributed by atoms with Gasteiger partial charge in [0.05, 0.1) is 31.4 Å². The maximum Gasteiger partial charge on any atom is 0.412 e. The highest BCUT2D eigenvalue weighted by molar-refractivity contribution is 6.35. The van der Waals surface area contributed by atoms with Crippen LogP contribution in [0.4, 0.5) is 31.4 Å². The molecule has 3 fully saturated rings. The standard InChI is InChI=1S/C58H78ClN9O17/c1-31-15-13-18-43(81-10)58(78)30-42(82-56(77)66-58)34(4)51-57(6,84-51)44(29-47(71)67(7)40-27-36(25-31)28-41(80-9)49(40)59)83-55(76)65-38-21-20-37(26-32(38)2)63-52(73)39(17-14-24-61-54(60)75)64-53(74)50(35(5)79-8)62-33(3)16-11-12-19-48(72)85-68-45(69)22-23-46(68)70/h13,15,18,20-21,26-28,34-35,39,42-44,50-51,62,78H,3,11-12,14,16-17,19,22-25,29-30H2,1-2,4-10H3,(H,63,73)(H,64,74)(H,65,76)(H,66,77)(H3,60,61,75)/b18-13+,31-15+/t34-,35?,39+,42+,43-,44+,50+,51+,57+,58+/m1/s1. The number of aliphatic hydroxyl groups is 1. The fraction of sp³-hybridized carbons (Fsp3) is 0.534. The van der Waals surface area contributed by atoms with Gasteiger partial charge in [-0.2, -0.15) is 0 Å². The molecule has 464 valence electrons. The molecule has 0 aromatic heterocycles. The average molecular weight is 1210 g/mol. The summed E-state index contributed by atoms with van der Waals surface area (Å²) in [6.07, 6.45) is -0.360. The number of nitrogens with zero attached hydrogens (tertiary/aromatic N) is 2. The second kappa shape index (κ2) is 29.3. The minimum atomic E-state index is -1.90. The van der Waals surface area contributed by atoms with Crippen LogP contribution in [0.25, 0.3) is 0 Å². The Morgan fingerprint density at radius 3 is 2.33 bits per heavy atom. The number of hydrogen-bond donors (Lipinski definition) is 8. The number of imide groups is 1. The van der Waals surface area contributed by atoms with E-state index in [2.05, 4.69) is 38.5 Å². The molecule has 85 heavy (non-hydrogen) atoms. The molecule has 26 nitrogen and oxygen atoms in total. The van der Waals surface area contributed by atoms with E-state index >= 15 is 0 Å². The molecule has 4 heterocycles. The van der Waals surface area contributed by atoms with Gasteiger partial charge in [0.25, 0.3) is 11.8 Å². The normalized spacial score (nSPS) is 25.3. The minimum Gasteiger partial charge on any atom is -0.495 e. The third kappa shape index (κ3) is 17.4. The molecule has 4 aliphatic rings. The van der Waals surface area contributed by atoms with Crippen LogP contribution in [-0.4, -0.2) is 153 Å². The molecule has 4 aliphatic heterocycles. The predicted molar refractivity (Wildman–Crippen MR) is 309 cm³/mol. The van der Waals surface area contributed by atoms with Crippen LogP contribution >= 0.6 is 11.6 Å². The number of halogens is 1. The van der Waals surface area contributed by atoms with Crippen molar-refractivity contribution in [1.29, 1.82) is 0 Å². The van der Waals surface area contributed by atoms with E-state index in [0.717, 1.165) is 11.1 Å². The summed E-state index contributed by atoms with van der Waals surface area (Å²) in [6, 6.07) is 5.11. The van der Waals surface area contributed by atoms with Crippen molar-refractivity contribution in [2.75, 3.05) is 50.5 Å². The summed E-state index contributed by atoms with van der Waals surface area (Å²) in [5.74, 6) is -3.98. The summed E-state index contributed by atoms with van der Waals surface area (Å²) in [6.45, 7) is 12.7. The van der Waals surface area contributed by atoms with Gasteiger partial charge < -0.3 is 70.3 Å². The van der Waals surface area contributed by atoms with Crippen LogP contribution in [0.5, 0.6) is 5.75 Å². The first-order valence-electron chi connectivity index (χ1n) is 27.9. The molecule has 6 rings (SSSR count). The molecule has 2 aromatic carbocycles. The number of urea groups is 1. The van der Waals surface area contributed by atoms with E-state index in [0.29, 0.717) is 53.4 Å². The maximum atomic E-state index is 14.5. The van der Waals surface area contributed by atoms with E-state index in [1.807, 2.05) is 13.0 Å². The van der Waals surface area contributed by atoms with Gasteiger partial charge in [-0.1, -0.05) is 48.9 Å². The number of hydroxylamine groups is 2. The number of benzene rings is 2. The van der Waals surface area contributed by atoms with E-state index in [4.69, 9.17) is 50.6 Å². The predicted octanol–water partition coefficient (Wildman–Crippen LogP) is 5.23. The summed E-state index contributed by atoms with van der Waals surface area (Å²) in [5.41, 5.74) is 5.40. The van der Waals surface area contributed by atoms with Gasteiger partial charge in [0.15, 0.2) is 5.72 Å². The monoisotopic (exact) mass is 1210 g/mol. The van der Waals surface area contributed by atoms with E-state index in [1.54, 1.807) is 58.0 Å². The maximum absolute atomic E-state index is 14.5. The molecule has 3 saturated heterocycles. The molecule has 2 aromatic rings. The van der Waals surface area contributed by atoms with Gasteiger partial charge in [-0.05, 0) is 108 Å². The van der Waals surface area contributed by atoms with E-state index in [-0.39, 0.29) is 61.5 Å². The Labute approximate surface area is 498 Å². The Morgan fingerprint density at radius 2 is 1.67 bits per heavy atom. The molecular formula is C58H78ClN9O17. The fourth-order valence-electron chi connectivity index (χ4n) is 10.3. The van der Waals surface area contributed by atoms with Crippen molar-refractivity contribution in [1.82, 2.24) is 26.3 Å². The molecule has 1 unspecified atom stereocenters. The number of ether oxygens (including phenoxy) is 6. The molecular weight excluding hydrogens is 1130 g/mol. The lowest BCUT2D eigenvalue weighted by Crippen LogP contribution is -2.63. The van der Waals surface area contributed by atoms with Gasteiger partial charge in [-0.15, -0.1) is 5.06 Å². The third-order valence-electron chi connectivity index (χ3n) is 15.3. The van der Waals surface area contributed by atoms with Gasteiger partial charge in [0.1, 0.15) is 46.8 Å². The summed E-state index contributed by atoms with van der Waals surface area (Å²) in [5, 5.41) is 28.9. The van der Waals surface area contributed by atoms with Crippen molar-refractivity contribution in [3.05, 3.63) is 82.6 Å². The van der Waals surface area contributed by atoms with Crippen molar-refractivity contribution in [2.24, 2.45) is 11.7 Å². The Kier molecular flexibility index (Phi) is 22.9. The second-order valence-corrected chi connectivity index (χ2v) is 22.1. The molecule has 0 spiro atoms. The number of fused-ring (bicyclic) bond motifs is 5. The highest BCUT2D eigenvalue weighted by atomic mass is 35.5. The van der Waals surface area contributed by atoms with Crippen LogP contribution in [0.15, 0.2) is 66.4 Å². The van der Waals surface area contributed by atoms with E-state index in [1.165, 1.54) is 45.4 Å². The number of carbonyl (C=O) groups excluding carboxylic acids is 9. The van der Waals surface area contributed by atoms with Crippen molar-refractivity contribution in [3.63, 3.8) is 0 Å². The van der Waals surface area contributed by atoms with Crippen LogP contribution < -0.4 is 47.3 Å². The molecule has 4 bridgehead atoms. The number of anilines is 3. The van der Waals surface area contributed by atoms with Gasteiger partial charge in [-0.3, -0.25) is 34.6 Å². The number of epoxide rings is 1. The quantitative estimate of drug-likeness (QED) is 0.0425. The molecule has 27 heteroatoms. The van der Waals surface area contributed by atoms with Crippen LogP contribution in [0.3, 0.4) is 0 Å². The Hall–Kier alpha value is -7.78. The average Bonchev–Trinajstić information content (AvgIpc) is 1.67. The van der Waals surface area contributed by atoms with Crippen LogP contribution in [0.1, 0.15) is 103 Å². The van der Waals surface area contributed by atoms with Gasteiger partial charge in [0, 0.05) is 76.5 Å². The lowest BCUT2D eigenvalue weighted by atomic mass is 9.83. The number of nitrogens with two attached hydrogens (primary N) is 1. The lowest BCUT2D eigenvalue weighted by Gasteiger charge is -2.42. The van der Waals surface area contributed by atoms with Crippen molar-refractivity contribution >= 4 is 82.4 Å². The summed E-state index contributed by atoms with van der Waals surface area (Å²) in [7, 11) is 5.80. The summed E-state index contributed by atoms with van der Waals surface area (Å²) in [4.78, 5) is 123. The van der Waals surface area contributed by atoms with Gasteiger partial charge >= 0.3 is 24.2 Å². The number of hydrogen-bond acceptors (Lipinski definition) is 18. The Bertz CT molecular complexity index is 2930. The van der Waals surface area contributed by atoms with Crippen molar-refractivity contribution < 1.29 is 81.5 Å². The third-order valence-corrected chi connectivity index (χ3v) is 15.7. The molecule has 9 amide bonds. The smallest absolute Gasteiger partial charge is 0.412 e. The van der Waals surface area contributed by atoms with Crippen molar-refractivity contribution in [3.8, 4) is 5.75 Å². The first kappa shape index (κ1) is 66.4.